The van der Waals surface area contributed by atoms with Crippen LogP contribution in [-0.4, -0.2) is 69.1 Å². The van der Waals surface area contributed by atoms with Crippen LogP contribution in [0.3, 0.4) is 0 Å². The Kier molecular flexibility index (Phi) is 7.08. The third-order valence-electron chi connectivity index (χ3n) is 5.06. The molecule has 3 rings (SSSR count). The quantitative estimate of drug-likeness (QED) is 0.479. The zero-order valence-corrected chi connectivity index (χ0v) is 17.9. The summed E-state index contributed by atoms with van der Waals surface area (Å²) in [5, 5.41) is 13.2. The van der Waals surface area contributed by atoms with Crippen LogP contribution in [0.25, 0.3) is 0 Å². The number of piperazine rings is 1. The number of nitro groups is 1. The summed E-state index contributed by atoms with van der Waals surface area (Å²) in [7, 11) is -1.91. The zero-order valence-electron chi connectivity index (χ0n) is 17.1. The molecular formula is C20H24N4O6S. The maximum atomic E-state index is 12.6. The van der Waals surface area contributed by atoms with Crippen molar-refractivity contribution in [3.63, 3.8) is 0 Å². The van der Waals surface area contributed by atoms with Gasteiger partial charge in [0.15, 0.2) is 0 Å². The van der Waals surface area contributed by atoms with Crippen molar-refractivity contribution in [1.29, 1.82) is 0 Å². The first-order valence-electron chi connectivity index (χ1n) is 9.69. The van der Waals surface area contributed by atoms with Crippen LogP contribution in [0.1, 0.15) is 10.4 Å². The molecule has 0 aromatic heterocycles. The molecule has 2 aromatic rings. The molecule has 0 aliphatic carbocycles. The number of ether oxygens (including phenoxy) is 1. The van der Waals surface area contributed by atoms with Crippen LogP contribution < -0.4 is 15.0 Å². The van der Waals surface area contributed by atoms with Crippen LogP contribution in [0.15, 0.2) is 48.5 Å². The van der Waals surface area contributed by atoms with Gasteiger partial charge >= 0.3 is 0 Å². The highest BCUT2D eigenvalue weighted by atomic mass is 32.2. The van der Waals surface area contributed by atoms with Crippen LogP contribution in [0, 0.1) is 10.1 Å². The predicted molar refractivity (Wildman–Crippen MR) is 116 cm³/mol. The lowest BCUT2D eigenvalue weighted by molar-refractivity contribution is -0.384. The maximum Gasteiger partial charge on any atom is 0.269 e. The average Bonchev–Trinajstić information content (AvgIpc) is 2.79. The Morgan fingerprint density at radius 2 is 1.68 bits per heavy atom. The lowest BCUT2D eigenvalue weighted by Gasteiger charge is -2.35. The van der Waals surface area contributed by atoms with Crippen molar-refractivity contribution in [2.24, 2.45) is 0 Å². The molecule has 1 amide bonds. The molecule has 0 spiro atoms. The molecule has 0 radical (unpaired) electrons. The fourth-order valence-electron chi connectivity index (χ4n) is 3.28. The predicted octanol–water partition coefficient (Wildman–Crippen LogP) is 1.49. The van der Waals surface area contributed by atoms with Gasteiger partial charge in [-0.2, -0.15) is 4.31 Å². The lowest BCUT2D eigenvalue weighted by atomic mass is 10.2. The molecule has 0 unspecified atom stereocenters. The molecule has 1 saturated heterocycles. The van der Waals surface area contributed by atoms with Gasteiger partial charge in [-0.05, 0) is 36.4 Å². The number of amides is 1. The van der Waals surface area contributed by atoms with E-state index in [1.165, 1.54) is 28.6 Å². The Labute approximate surface area is 180 Å². The average molecular weight is 449 g/mol. The van der Waals surface area contributed by atoms with Crippen molar-refractivity contribution in [1.82, 2.24) is 9.62 Å². The van der Waals surface area contributed by atoms with Crippen molar-refractivity contribution in [2.45, 2.75) is 0 Å². The fraction of sp³-hybridized carbons (Fsp3) is 0.350. The second-order valence-electron chi connectivity index (χ2n) is 6.96. The van der Waals surface area contributed by atoms with Gasteiger partial charge in [-0.3, -0.25) is 14.9 Å². The minimum absolute atomic E-state index is 0.0448. The number of nitrogens with one attached hydrogen (secondary N) is 1. The molecule has 31 heavy (non-hydrogen) atoms. The molecule has 166 valence electrons. The van der Waals surface area contributed by atoms with E-state index in [1.54, 1.807) is 7.11 Å². The standard InChI is InChI=1S/C20H24N4O6S/c1-30-19-8-6-17(7-9-19)22-11-13-23(14-12-22)31(28,29)15-10-21-20(25)16-2-4-18(5-3-16)24(26)27/h2-9H,10-15H2,1H3,(H,21,25). The molecule has 0 bridgehead atoms. The smallest absolute Gasteiger partial charge is 0.269 e. The molecule has 11 heteroatoms. The van der Waals surface area contributed by atoms with Crippen molar-refractivity contribution in [3.8, 4) is 5.75 Å². The molecule has 1 fully saturated rings. The van der Waals surface area contributed by atoms with E-state index in [0.29, 0.717) is 26.2 Å². The summed E-state index contributed by atoms with van der Waals surface area (Å²) < 4.78 is 31.8. The summed E-state index contributed by atoms with van der Waals surface area (Å²) >= 11 is 0. The summed E-state index contributed by atoms with van der Waals surface area (Å²) in [6.45, 7) is 1.83. The third kappa shape index (κ3) is 5.70. The van der Waals surface area contributed by atoms with Gasteiger partial charge < -0.3 is 15.0 Å². The van der Waals surface area contributed by atoms with E-state index in [-0.39, 0.29) is 23.5 Å². The van der Waals surface area contributed by atoms with E-state index >= 15 is 0 Å². The number of benzene rings is 2. The van der Waals surface area contributed by atoms with Crippen molar-refractivity contribution in [3.05, 3.63) is 64.2 Å². The zero-order chi connectivity index (χ0) is 22.4. The Bertz CT molecular complexity index is 1020. The van der Waals surface area contributed by atoms with E-state index in [2.05, 4.69) is 10.2 Å². The van der Waals surface area contributed by atoms with Gasteiger partial charge in [0.2, 0.25) is 10.0 Å². The van der Waals surface area contributed by atoms with Crippen LogP contribution >= 0.6 is 0 Å². The van der Waals surface area contributed by atoms with E-state index < -0.39 is 20.9 Å². The highest BCUT2D eigenvalue weighted by Crippen LogP contribution is 2.21. The van der Waals surface area contributed by atoms with E-state index in [4.69, 9.17) is 4.74 Å². The second kappa shape index (κ2) is 9.75. The van der Waals surface area contributed by atoms with Crippen molar-refractivity contribution < 1.29 is 22.9 Å². The summed E-state index contributed by atoms with van der Waals surface area (Å²) in [4.78, 5) is 24.4. The van der Waals surface area contributed by atoms with Gasteiger partial charge in [0, 0.05) is 56.1 Å². The second-order valence-corrected chi connectivity index (χ2v) is 9.05. The molecule has 1 aliphatic rings. The number of hydrogen-bond donors (Lipinski definition) is 1. The van der Waals surface area contributed by atoms with E-state index in [0.717, 1.165) is 11.4 Å². The number of carbonyl (C=O) groups excluding carboxylic acids is 1. The molecule has 2 aromatic carbocycles. The van der Waals surface area contributed by atoms with E-state index in [9.17, 15) is 23.3 Å². The first-order chi connectivity index (χ1) is 14.8. The molecular weight excluding hydrogens is 424 g/mol. The van der Waals surface area contributed by atoms with Gasteiger partial charge in [0.1, 0.15) is 5.75 Å². The number of rotatable bonds is 8. The first-order valence-corrected chi connectivity index (χ1v) is 11.3. The number of hydrogen-bond acceptors (Lipinski definition) is 7. The number of anilines is 1. The molecule has 0 saturated carbocycles. The van der Waals surface area contributed by atoms with Gasteiger partial charge in [-0.1, -0.05) is 0 Å². The first kappa shape index (κ1) is 22.5. The van der Waals surface area contributed by atoms with Crippen molar-refractivity contribution in [2.75, 3.05) is 50.5 Å². The molecule has 1 N–H and O–H groups in total. The number of nitro benzene ring substituents is 1. The van der Waals surface area contributed by atoms with Gasteiger partial charge in [0.05, 0.1) is 17.8 Å². The normalized spacial score (nSPS) is 14.8. The number of non-ortho nitro benzene ring substituents is 1. The largest absolute Gasteiger partial charge is 0.497 e. The molecule has 0 atom stereocenters. The maximum absolute atomic E-state index is 12.6. The van der Waals surface area contributed by atoms with Gasteiger partial charge in [-0.15, -0.1) is 0 Å². The topological polar surface area (TPSA) is 122 Å². The van der Waals surface area contributed by atoms with Crippen LogP contribution in [-0.2, 0) is 10.0 Å². The SMILES string of the molecule is COc1ccc(N2CCN(S(=O)(=O)CCNC(=O)c3ccc([N+](=O)[O-])cc3)CC2)cc1. The van der Waals surface area contributed by atoms with E-state index in [1.807, 2.05) is 24.3 Å². The summed E-state index contributed by atoms with van der Waals surface area (Å²) in [5.41, 5.74) is 1.12. The van der Waals surface area contributed by atoms with Gasteiger partial charge in [-0.25, -0.2) is 8.42 Å². The lowest BCUT2D eigenvalue weighted by Crippen LogP contribution is -2.50. The van der Waals surface area contributed by atoms with Crippen molar-refractivity contribution >= 4 is 27.3 Å². The van der Waals surface area contributed by atoms with Crippen LogP contribution in [0.4, 0.5) is 11.4 Å². The van der Waals surface area contributed by atoms with Crippen LogP contribution in [0.5, 0.6) is 5.75 Å². The number of nitrogens with zero attached hydrogens (tertiary/aromatic N) is 3. The molecule has 1 heterocycles. The molecule has 10 nitrogen and oxygen atoms in total. The third-order valence-corrected chi connectivity index (χ3v) is 6.93. The highest BCUT2D eigenvalue weighted by Gasteiger charge is 2.27. The van der Waals surface area contributed by atoms with Crippen LogP contribution in [0.2, 0.25) is 0 Å². The highest BCUT2D eigenvalue weighted by molar-refractivity contribution is 7.89. The summed E-state index contributed by atoms with van der Waals surface area (Å²) in [5.74, 6) is 0.0732. The number of carbonyl (C=O) groups is 1. The fourth-order valence-corrected chi connectivity index (χ4v) is 4.61. The van der Waals surface area contributed by atoms with Gasteiger partial charge in [0.25, 0.3) is 11.6 Å². The summed E-state index contributed by atoms with van der Waals surface area (Å²) in [6.07, 6.45) is 0. The Balaban J connectivity index is 1.47. The Hall–Kier alpha value is -3.18. The number of sulfonamides is 1. The minimum atomic E-state index is -3.51. The minimum Gasteiger partial charge on any atom is -0.497 e. The number of methoxy groups -OCH3 is 1. The monoisotopic (exact) mass is 448 g/mol. The summed E-state index contributed by atoms with van der Waals surface area (Å²) in [6, 6.07) is 12.7. The molecule has 1 aliphatic heterocycles. The Morgan fingerprint density at radius 3 is 2.23 bits per heavy atom. The Morgan fingerprint density at radius 1 is 1.06 bits per heavy atom.